The summed E-state index contributed by atoms with van der Waals surface area (Å²) in [7, 11) is 1.83. The number of hydrogen-bond donors (Lipinski definition) is 1. The molecule has 5 nitrogen and oxygen atoms in total. The molecule has 8 heteroatoms. The molecule has 0 aromatic heterocycles. The molecule has 0 bridgehead atoms. The number of carbonyl (C=O) groups is 2. The molecule has 0 saturated carbocycles. The average Bonchev–Trinajstić information content (AvgIpc) is 2.61. The van der Waals surface area contributed by atoms with E-state index in [1.807, 2.05) is 7.05 Å². The Morgan fingerprint density at radius 2 is 1.60 bits per heavy atom. The number of halogens is 3. The van der Waals surface area contributed by atoms with Gasteiger partial charge in [0.05, 0.1) is 5.56 Å². The van der Waals surface area contributed by atoms with Crippen LogP contribution < -0.4 is 5.32 Å². The summed E-state index contributed by atoms with van der Waals surface area (Å²) in [5.41, 5.74) is -0.553. The first-order chi connectivity index (χ1) is 11.8. The SMILES string of the molecule is CNCCCC(=O)N1CCN(C(=O)c2ccc(C(F)(F)F)cc2)CC1. The van der Waals surface area contributed by atoms with Crippen LogP contribution in [0.15, 0.2) is 24.3 Å². The number of alkyl halides is 3. The second-order valence-corrected chi connectivity index (χ2v) is 5.96. The standard InChI is InChI=1S/C17H22F3N3O2/c1-21-8-2-3-15(24)22-9-11-23(12-10-22)16(25)13-4-6-14(7-5-13)17(18,19)20/h4-7,21H,2-3,8-12H2,1H3. The van der Waals surface area contributed by atoms with E-state index in [4.69, 9.17) is 0 Å². The number of nitrogens with zero attached hydrogens (tertiary/aromatic N) is 2. The summed E-state index contributed by atoms with van der Waals surface area (Å²) in [5.74, 6) is -0.243. The van der Waals surface area contributed by atoms with Gasteiger partial charge in [0, 0.05) is 38.2 Å². The third kappa shape index (κ3) is 5.19. The van der Waals surface area contributed by atoms with Gasteiger partial charge in [-0.2, -0.15) is 13.2 Å². The maximum absolute atomic E-state index is 12.6. The molecule has 138 valence electrons. The van der Waals surface area contributed by atoms with Gasteiger partial charge >= 0.3 is 6.18 Å². The highest BCUT2D eigenvalue weighted by Crippen LogP contribution is 2.29. The lowest BCUT2D eigenvalue weighted by Crippen LogP contribution is -2.50. The van der Waals surface area contributed by atoms with Crippen molar-refractivity contribution in [2.24, 2.45) is 0 Å². The third-order valence-electron chi connectivity index (χ3n) is 4.20. The van der Waals surface area contributed by atoms with Gasteiger partial charge in [-0.1, -0.05) is 0 Å². The van der Waals surface area contributed by atoms with Crippen LogP contribution in [0.4, 0.5) is 13.2 Å². The molecule has 1 saturated heterocycles. The highest BCUT2D eigenvalue weighted by Gasteiger charge is 2.31. The first-order valence-corrected chi connectivity index (χ1v) is 8.22. The van der Waals surface area contributed by atoms with Crippen molar-refractivity contribution < 1.29 is 22.8 Å². The van der Waals surface area contributed by atoms with Crippen LogP contribution in [-0.4, -0.2) is 61.4 Å². The fourth-order valence-corrected chi connectivity index (χ4v) is 2.72. The van der Waals surface area contributed by atoms with Crippen molar-refractivity contribution in [3.8, 4) is 0 Å². The number of amides is 2. The highest BCUT2D eigenvalue weighted by atomic mass is 19.4. The molecule has 2 amide bonds. The quantitative estimate of drug-likeness (QED) is 0.820. The normalized spacial score (nSPS) is 15.4. The summed E-state index contributed by atoms with van der Waals surface area (Å²) in [6, 6.07) is 4.21. The Morgan fingerprint density at radius 1 is 1.04 bits per heavy atom. The van der Waals surface area contributed by atoms with Crippen molar-refractivity contribution in [1.82, 2.24) is 15.1 Å². The van der Waals surface area contributed by atoms with E-state index in [2.05, 4.69) is 5.32 Å². The molecular formula is C17H22F3N3O2. The van der Waals surface area contributed by atoms with Crippen LogP contribution in [0.1, 0.15) is 28.8 Å². The van der Waals surface area contributed by atoms with Gasteiger partial charge in [-0.25, -0.2) is 0 Å². The minimum Gasteiger partial charge on any atom is -0.339 e. The molecule has 1 aromatic rings. The molecule has 0 atom stereocenters. The van der Waals surface area contributed by atoms with E-state index >= 15 is 0 Å². The molecule has 1 aromatic carbocycles. The average molecular weight is 357 g/mol. The molecule has 0 aliphatic carbocycles. The molecule has 1 heterocycles. The minimum absolute atomic E-state index is 0.0666. The topological polar surface area (TPSA) is 52.7 Å². The van der Waals surface area contributed by atoms with Gasteiger partial charge in [0.1, 0.15) is 0 Å². The van der Waals surface area contributed by atoms with Crippen LogP contribution in [0.2, 0.25) is 0 Å². The molecule has 25 heavy (non-hydrogen) atoms. The summed E-state index contributed by atoms with van der Waals surface area (Å²) < 4.78 is 37.7. The van der Waals surface area contributed by atoms with Crippen molar-refractivity contribution in [2.45, 2.75) is 19.0 Å². The minimum atomic E-state index is -4.42. The zero-order valence-corrected chi connectivity index (χ0v) is 14.1. The van der Waals surface area contributed by atoms with Gasteiger partial charge in [-0.3, -0.25) is 9.59 Å². The Labute approximate surface area is 144 Å². The van der Waals surface area contributed by atoms with Gasteiger partial charge in [0.15, 0.2) is 0 Å². The van der Waals surface area contributed by atoms with Crippen molar-refractivity contribution in [1.29, 1.82) is 0 Å². The largest absolute Gasteiger partial charge is 0.416 e. The van der Waals surface area contributed by atoms with Crippen molar-refractivity contribution in [2.75, 3.05) is 39.8 Å². The summed E-state index contributed by atoms with van der Waals surface area (Å²) in [6.07, 6.45) is -3.19. The fraction of sp³-hybridized carbons (Fsp3) is 0.529. The maximum atomic E-state index is 12.6. The molecule has 0 spiro atoms. The second-order valence-electron chi connectivity index (χ2n) is 5.96. The monoisotopic (exact) mass is 357 g/mol. The molecular weight excluding hydrogens is 335 g/mol. The lowest BCUT2D eigenvalue weighted by molar-refractivity contribution is -0.137. The predicted octanol–water partition coefficient (Wildman–Crippen LogP) is 1.99. The Balaban J connectivity index is 1.87. The number of benzene rings is 1. The van der Waals surface area contributed by atoms with Crippen molar-refractivity contribution in [3.05, 3.63) is 35.4 Å². The lowest BCUT2D eigenvalue weighted by Gasteiger charge is -2.35. The number of piperazine rings is 1. The van der Waals surface area contributed by atoms with E-state index in [1.165, 1.54) is 12.1 Å². The zero-order chi connectivity index (χ0) is 18.4. The first kappa shape index (κ1) is 19.2. The molecule has 0 radical (unpaired) electrons. The van der Waals surface area contributed by atoms with Gasteiger partial charge in [-0.05, 0) is 44.3 Å². The Bertz CT molecular complexity index is 594. The predicted molar refractivity (Wildman–Crippen MR) is 87.1 cm³/mol. The Hall–Kier alpha value is -2.09. The Kier molecular flexibility index (Phi) is 6.41. The first-order valence-electron chi connectivity index (χ1n) is 8.22. The van der Waals surface area contributed by atoms with E-state index in [0.29, 0.717) is 32.6 Å². The van der Waals surface area contributed by atoms with E-state index in [9.17, 15) is 22.8 Å². The maximum Gasteiger partial charge on any atom is 0.416 e. The number of nitrogens with one attached hydrogen (secondary N) is 1. The summed E-state index contributed by atoms with van der Waals surface area (Å²) in [5, 5.41) is 2.99. The number of rotatable bonds is 5. The summed E-state index contributed by atoms with van der Waals surface area (Å²) >= 11 is 0. The molecule has 2 rings (SSSR count). The third-order valence-corrected chi connectivity index (χ3v) is 4.20. The second kappa shape index (κ2) is 8.33. The highest BCUT2D eigenvalue weighted by molar-refractivity contribution is 5.94. The molecule has 1 aliphatic heterocycles. The molecule has 0 unspecified atom stereocenters. The van der Waals surface area contributed by atoms with E-state index in [1.54, 1.807) is 9.80 Å². The van der Waals surface area contributed by atoms with Gasteiger partial charge in [0.2, 0.25) is 5.91 Å². The van der Waals surface area contributed by atoms with Crippen LogP contribution in [0.25, 0.3) is 0 Å². The van der Waals surface area contributed by atoms with Gasteiger partial charge in [-0.15, -0.1) is 0 Å². The zero-order valence-electron chi connectivity index (χ0n) is 14.1. The van der Waals surface area contributed by atoms with Crippen LogP contribution in [0.5, 0.6) is 0 Å². The van der Waals surface area contributed by atoms with Crippen LogP contribution in [0.3, 0.4) is 0 Å². The van der Waals surface area contributed by atoms with Crippen LogP contribution in [0, 0.1) is 0 Å². The fourth-order valence-electron chi connectivity index (χ4n) is 2.72. The van der Waals surface area contributed by atoms with E-state index in [0.717, 1.165) is 25.1 Å². The molecule has 1 N–H and O–H groups in total. The summed E-state index contributed by atoms with van der Waals surface area (Å²) in [4.78, 5) is 27.7. The van der Waals surface area contributed by atoms with Crippen molar-refractivity contribution in [3.63, 3.8) is 0 Å². The molecule has 1 aliphatic rings. The number of carbonyl (C=O) groups excluding carboxylic acids is 2. The molecule has 1 fully saturated rings. The van der Waals surface area contributed by atoms with Gasteiger partial charge < -0.3 is 15.1 Å². The van der Waals surface area contributed by atoms with Crippen LogP contribution in [-0.2, 0) is 11.0 Å². The van der Waals surface area contributed by atoms with Crippen LogP contribution >= 0.6 is 0 Å². The smallest absolute Gasteiger partial charge is 0.339 e. The lowest BCUT2D eigenvalue weighted by atomic mass is 10.1. The number of hydrogen-bond acceptors (Lipinski definition) is 3. The van der Waals surface area contributed by atoms with Gasteiger partial charge in [0.25, 0.3) is 5.91 Å². The summed E-state index contributed by atoms with van der Waals surface area (Å²) in [6.45, 7) is 2.45. The van der Waals surface area contributed by atoms with E-state index in [-0.39, 0.29) is 17.4 Å². The van der Waals surface area contributed by atoms with E-state index < -0.39 is 11.7 Å². The van der Waals surface area contributed by atoms with Crippen molar-refractivity contribution >= 4 is 11.8 Å². The Morgan fingerprint density at radius 3 is 2.12 bits per heavy atom.